The lowest BCUT2D eigenvalue weighted by atomic mass is 9.66. The smallest absolute Gasteiger partial charge is 0.0298 e. The van der Waals surface area contributed by atoms with E-state index in [0.717, 1.165) is 17.8 Å². The third kappa shape index (κ3) is 2.27. The zero-order valence-electron chi connectivity index (χ0n) is 10.1. The summed E-state index contributed by atoms with van der Waals surface area (Å²) in [6, 6.07) is 0. The summed E-state index contributed by atoms with van der Waals surface area (Å²) >= 11 is 0. The Morgan fingerprint density at radius 3 is 1.85 bits per heavy atom. The minimum atomic E-state index is 0.560. The molecule has 1 saturated carbocycles. The lowest BCUT2D eigenvalue weighted by molar-refractivity contribution is 0.0949. The van der Waals surface area contributed by atoms with Crippen molar-refractivity contribution in [3.05, 3.63) is 0 Å². The van der Waals surface area contributed by atoms with E-state index < -0.39 is 0 Å². The van der Waals surface area contributed by atoms with Crippen molar-refractivity contribution >= 4 is 0 Å². The summed E-state index contributed by atoms with van der Waals surface area (Å²) in [5, 5.41) is 0. The van der Waals surface area contributed by atoms with E-state index in [9.17, 15) is 0 Å². The van der Waals surface area contributed by atoms with Crippen LogP contribution in [0.3, 0.4) is 0 Å². The molecule has 0 N–H and O–H groups in total. The van der Waals surface area contributed by atoms with Gasteiger partial charge in [-0.2, -0.15) is 0 Å². The van der Waals surface area contributed by atoms with Crippen molar-refractivity contribution in [3.8, 4) is 0 Å². The van der Waals surface area contributed by atoms with Gasteiger partial charge >= 0.3 is 0 Å². The van der Waals surface area contributed by atoms with Crippen LogP contribution in [-0.4, -0.2) is 0 Å². The van der Waals surface area contributed by atoms with Gasteiger partial charge < -0.3 is 0 Å². The van der Waals surface area contributed by atoms with Gasteiger partial charge in [0.15, 0.2) is 0 Å². The average molecular weight is 182 g/mol. The van der Waals surface area contributed by atoms with E-state index in [4.69, 9.17) is 0 Å². The van der Waals surface area contributed by atoms with E-state index in [-0.39, 0.29) is 0 Å². The normalized spacial score (nSPS) is 22.6. The van der Waals surface area contributed by atoms with Crippen LogP contribution in [0, 0.1) is 23.2 Å². The average Bonchev–Trinajstić information content (AvgIpc) is 2.54. The molecule has 0 nitrogen and oxygen atoms in total. The van der Waals surface area contributed by atoms with Crippen LogP contribution in [0.5, 0.6) is 0 Å². The molecule has 0 aromatic rings. The number of hydrogen-bond acceptors (Lipinski definition) is 0. The van der Waals surface area contributed by atoms with Crippen molar-refractivity contribution in [2.75, 3.05) is 0 Å². The monoisotopic (exact) mass is 182 g/mol. The lowest BCUT2D eigenvalue weighted by Gasteiger charge is -2.40. The highest BCUT2D eigenvalue weighted by Crippen LogP contribution is 2.46. The molecule has 0 heterocycles. The summed E-state index contributed by atoms with van der Waals surface area (Å²) in [6.07, 6.45) is 5.89. The van der Waals surface area contributed by atoms with Gasteiger partial charge in [-0.3, -0.25) is 0 Å². The Morgan fingerprint density at radius 1 is 1.00 bits per heavy atom. The van der Waals surface area contributed by atoms with Gasteiger partial charge in [-0.1, -0.05) is 47.5 Å². The first-order chi connectivity index (χ1) is 5.96. The van der Waals surface area contributed by atoms with Crippen LogP contribution in [0.2, 0.25) is 0 Å². The molecule has 13 heavy (non-hydrogen) atoms. The SMILES string of the molecule is CC(C)C(C)C(C)(C)C1CCCC1. The molecule has 0 heteroatoms. The highest BCUT2D eigenvalue weighted by Gasteiger charge is 2.37. The minimum absolute atomic E-state index is 0.560. The van der Waals surface area contributed by atoms with Crippen LogP contribution in [0.25, 0.3) is 0 Å². The summed E-state index contributed by atoms with van der Waals surface area (Å²) in [7, 11) is 0. The van der Waals surface area contributed by atoms with Crippen molar-refractivity contribution in [2.24, 2.45) is 23.2 Å². The Kier molecular flexibility index (Phi) is 3.43. The minimum Gasteiger partial charge on any atom is -0.0625 e. The van der Waals surface area contributed by atoms with Crippen LogP contribution < -0.4 is 0 Å². The van der Waals surface area contributed by atoms with Gasteiger partial charge in [-0.05, 0) is 36.0 Å². The molecule has 1 rings (SSSR count). The zero-order chi connectivity index (χ0) is 10.1. The molecule has 0 aliphatic heterocycles. The molecular weight excluding hydrogens is 156 g/mol. The van der Waals surface area contributed by atoms with Gasteiger partial charge in [0.2, 0.25) is 0 Å². The summed E-state index contributed by atoms with van der Waals surface area (Å²) in [5.41, 5.74) is 0.560. The predicted octanol–water partition coefficient (Wildman–Crippen LogP) is 4.49. The quantitative estimate of drug-likeness (QED) is 0.603. The van der Waals surface area contributed by atoms with E-state index in [1.54, 1.807) is 0 Å². The van der Waals surface area contributed by atoms with E-state index in [0.29, 0.717) is 5.41 Å². The lowest BCUT2D eigenvalue weighted by Crippen LogP contribution is -2.32. The number of hydrogen-bond donors (Lipinski definition) is 0. The largest absolute Gasteiger partial charge is 0.0625 e. The molecule has 0 radical (unpaired) electrons. The zero-order valence-corrected chi connectivity index (χ0v) is 10.1. The van der Waals surface area contributed by atoms with E-state index in [1.165, 1.54) is 25.7 Å². The summed E-state index contributed by atoms with van der Waals surface area (Å²) < 4.78 is 0. The van der Waals surface area contributed by atoms with Gasteiger partial charge in [0.25, 0.3) is 0 Å². The molecule has 1 atom stereocenters. The fourth-order valence-electron chi connectivity index (χ4n) is 2.90. The second-order valence-corrected chi connectivity index (χ2v) is 5.84. The summed E-state index contributed by atoms with van der Waals surface area (Å²) in [4.78, 5) is 0. The Morgan fingerprint density at radius 2 is 1.46 bits per heavy atom. The first-order valence-corrected chi connectivity index (χ1v) is 5.96. The van der Waals surface area contributed by atoms with Crippen LogP contribution >= 0.6 is 0 Å². The van der Waals surface area contributed by atoms with Crippen LogP contribution in [0.15, 0.2) is 0 Å². The molecule has 0 bridgehead atoms. The second-order valence-electron chi connectivity index (χ2n) is 5.84. The van der Waals surface area contributed by atoms with Crippen LogP contribution in [-0.2, 0) is 0 Å². The van der Waals surface area contributed by atoms with Crippen molar-refractivity contribution in [3.63, 3.8) is 0 Å². The third-order valence-electron chi connectivity index (χ3n) is 4.58. The molecule has 1 aliphatic carbocycles. The molecule has 1 aliphatic rings. The standard InChI is InChI=1S/C13H26/c1-10(2)11(3)13(4,5)12-8-6-7-9-12/h10-12H,6-9H2,1-5H3. The molecule has 78 valence electrons. The molecule has 0 aromatic carbocycles. The van der Waals surface area contributed by atoms with E-state index >= 15 is 0 Å². The number of rotatable bonds is 3. The maximum absolute atomic E-state index is 2.48. The van der Waals surface area contributed by atoms with Gasteiger partial charge in [-0.15, -0.1) is 0 Å². The highest BCUT2D eigenvalue weighted by atomic mass is 14.4. The first kappa shape index (κ1) is 11.1. The first-order valence-electron chi connectivity index (χ1n) is 5.96. The Balaban J connectivity index is 2.62. The van der Waals surface area contributed by atoms with E-state index in [2.05, 4.69) is 34.6 Å². The highest BCUT2D eigenvalue weighted by molar-refractivity contribution is 4.86. The third-order valence-corrected chi connectivity index (χ3v) is 4.58. The predicted molar refractivity (Wildman–Crippen MR) is 59.7 cm³/mol. The fourth-order valence-corrected chi connectivity index (χ4v) is 2.90. The van der Waals surface area contributed by atoms with Gasteiger partial charge in [-0.25, -0.2) is 0 Å². The van der Waals surface area contributed by atoms with Gasteiger partial charge in [0.05, 0.1) is 0 Å². The van der Waals surface area contributed by atoms with Crippen LogP contribution in [0.4, 0.5) is 0 Å². The van der Waals surface area contributed by atoms with Crippen molar-refractivity contribution in [1.29, 1.82) is 0 Å². The molecular formula is C13H26. The molecule has 0 amide bonds. The molecule has 0 aromatic heterocycles. The van der Waals surface area contributed by atoms with E-state index in [1.807, 2.05) is 0 Å². The Labute approximate surface area is 84.1 Å². The molecule has 0 saturated heterocycles. The van der Waals surface area contributed by atoms with Crippen molar-refractivity contribution in [1.82, 2.24) is 0 Å². The topological polar surface area (TPSA) is 0 Å². The molecule has 0 spiro atoms. The Bertz CT molecular complexity index is 145. The maximum atomic E-state index is 2.48. The molecule has 1 fully saturated rings. The Hall–Kier alpha value is 0. The van der Waals surface area contributed by atoms with Crippen molar-refractivity contribution in [2.45, 2.75) is 60.3 Å². The second kappa shape index (κ2) is 4.02. The maximum Gasteiger partial charge on any atom is -0.0298 e. The van der Waals surface area contributed by atoms with Gasteiger partial charge in [0.1, 0.15) is 0 Å². The van der Waals surface area contributed by atoms with Crippen molar-refractivity contribution < 1.29 is 0 Å². The fraction of sp³-hybridized carbons (Fsp3) is 1.00. The van der Waals surface area contributed by atoms with Gasteiger partial charge in [0, 0.05) is 0 Å². The molecule has 1 unspecified atom stereocenters. The summed E-state index contributed by atoms with van der Waals surface area (Å²) in [5.74, 6) is 2.68. The summed E-state index contributed by atoms with van der Waals surface area (Å²) in [6.45, 7) is 12.1. The van der Waals surface area contributed by atoms with Crippen LogP contribution in [0.1, 0.15) is 60.3 Å².